The first-order chi connectivity index (χ1) is 9.52. The third kappa shape index (κ3) is 3.12. The maximum atomic E-state index is 11.6. The maximum absolute atomic E-state index is 11.6. The van der Waals surface area contributed by atoms with Gasteiger partial charge in [0, 0.05) is 30.5 Å². The number of benzene rings is 1. The van der Waals surface area contributed by atoms with E-state index in [2.05, 4.69) is 26.1 Å². The average molecular weight is 341 g/mol. The Labute approximate surface area is 126 Å². The molecule has 1 fully saturated rings. The summed E-state index contributed by atoms with van der Waals surface area (Å²) < 4.78 is 0.774. The highest BCUT2D eigenvalue weighted by Crippen LogP contribution is 2.30. The molecule has 0 unspecified atom stereocenters. The summed E-state index contributed by atoms with van der Waals surface area (Å²) in [6, 6.07) is 5.03. The number of nitrogens with one attached hydrogen (secondary N) is 1. The van der Waals surface area contributed by atoms with Crippen molar-refractivity contribution in [3.8, 4) is 0 Å². The molecular formula is C14H17BrN2O3. The Bertz CT molecular complexity index is 525. The van der Waals surface area contributed by atoms with E-state index >= 15 is 0 Å². The van der Waals surface area contributed by atoms with Crippen LogP contribution < -0.4 is 10.2 Å². The number of aromatic carboxylic acids is 1. The molecule has 0 aliphatic carbocycles. The zero-order valence-corrected chi connectivity index (χ0v) is 12.8. The molecule has 0 bridgehead atoms. The van der Waals surface area contributed by atoms with Crippen molar-refractivity contribution in [2.45, 2.75) is 12.8 Å². The lowest BCUT2D eigenvalue weighted by Gasteiger charge is -2.33. The molecule has 1 aromatic rings. The second-order valence-electron chi connectivity index (χ2n) is 4.85. The van der Waals surface area contributed by atoms with Crippen molar-refractivity contribution < 1.29 is 14.7 Å². The van der Waals surface area contributed by atoms with Crippen LogP contribution in [-0.4, -0.2) is 37.1 Å². The Morgan fingerprint density at radius 1 is 1.35 bits per heavy atom. The number of piperidine rings is 1. The van der Waals surface area contributed by atoms with Crippen LogP contribution >= 0.6 is 15.9 Å². The normalized spacial score (nSPS) is 16.0. The predicted molar refractivity (Wildman–Crippen MR) is 80.1 cm³/mol. The van der Waals surface area contributed by atoms with E-state index < -0.39 is 5.97 Å². The average Bonchev–Trinajstić information content (AvgIpc) is 2.46. The summed E-state index contributed by atoms with van der Waals surface area (Å²) in [5, 5.41) is 11.6. The first-order valence-corrected chi connectivity index (χ1v) is 7.31. The van der Waals surface area contributed by atoms with Crippen molar-refractivity contribution in [2.75, 3.05) is 25.0 Å². The van der Waals surface area contributed by atoms with Crippen LogP contribution in [0.15, 0.2) is 22.7 Å². The summed E-state index contributed by atoms with van der Waals surface area (Å²) in [4.78, 5) is 24.7. The van der Waals surface area contributed by atoms with Crippen molar-refractivity contribution >= 4 is 33.5 Å². The lowest BCUT2D eigenvalue weighted by Crippen LogP contribution is -2.39. The fourth-order valence-electron chi connectivity index (χ4n) is 2.48. The number of carbonyl (C=O) groups excluding carboxylic acids is 1. The third-order valence-electron chi connectivity index (χ3n) is 3.65. The van der Waals surface area contributed by atoms with E-state index in [1.165, 1.54) is 0 Å². The van der Waals surface area contributed by atoms with Crippen LogP contribution in [0.5, 0.6) is 0 Å². The van der Waals surface area contributed by atoms with Crippen LogP contribution in [0.2, 0.25) is 0 Å². The van der Waals surface area contributed by atoms with Gasteiger partial charge in [0.05, 0.1) is 11.3 Å². The first-order valence-electron chi connectivity index (χ1n) is 6.52. The standard InChI is InChI=1S/C14H17BrN2O3/c1-16-13(18)9-4-6-17(7-5-9)12-3-2-10(14(19)20)8-11(12)15/h2-3,8-9H,4-7H2,1H3,(H,16,18)(H,19,20). The second kappa shape index (κ2) is 6.26. The number of carboxylic acids is 1. The molecule has 1 saturated heterocycles. The molecule has 1 amide bonds. The molecule has 1 aliphatic rings. The highest BCUT2D eigenvalue weighted by atomic mass is 79.9. The van der Waals surface area contributed by atoms with Crippen molar-refractivity contribution in [1.82, 2.24) is 5.32 Å². The summed E-state index contributed by atoms with van der Waals surface area (Å²) in [7, 11) is 1.66. The number of hydrogen-bond donors (Lipinski definition) is 2. The number of carboxylic acid groups (broad SMARTS) is 1. The van der Waals surface area contributed by atoms with Gasteiger partial charge in [0.25, 0.3) is 0 Å². The quantitative estimate of drug-likeness (QED) is 0.884. The molecule has 20 heavy (non-hydrogen) atoms. The Hall–Kier alpha value is -1.56. The minimum absolute atomic E-state index is 0.0771. The molecule has 5 nitrogen and oxygen atoms in total. The third-order valence-corrected chi connectivity index (χ3v) is 4.28. The van der Waals surface area contributed by atoms with Crippen molar-refractivity contribution in [3.05, 3.63) is 28.2 Å². The summed E-state index contributed by atoms with van der Waals surface area (Å²) >= 11 is 3.42. The van der Waals surface area contributed by atoms with Gasteiger partial charge in [0.2, 0.25) is 5.91 Å². The Morgan fingerprint density at radius 2 is 2.00 bits per heavy atom. The first kappa shape index (κ1) is 14.8. The number of halogens is 1. The van der Waals surface area contributed by atoms with Crippen LogP contribution in [0.4, 0.5) is 5.69 Å². The Morgan fingerprint density at radius 3 is 2.50 bits per heavy atom. The Balaban J connectivity index is 2.07. The number of amides is 1. The van der Waals surface area contributed by atoms with Gasteiger partial charge < -0.3 is 15.3 Å². The molecule has 1 aliphatic heterocycles. The van der Waals surface area contributed by atoms with Crippen LogP contribution in [0, 0.1) is 5.92 Å². The monoisotopic (exact) mass is 340 g/mol. The molecule has 6 heteroatoms. The van der Waals surface area contributed by atoms with Crippen LogP contribution in [-0.2, 0) is 4.79 Å². The Kier molecular flexibility index (Phi) is 4.65. The molecule has 2 N–H and O–H groups in total. The van der Waals surface area contributed by atoms with E-state index in [0.29, 0.717) is 0 Å². The second-order valence-corrected chi connectivity index (χ2v) is 5.70. The SMILES string of the molecule is CNC(=O)C1CCN(c2ccc(C(=O)O)cc2Br)CC1. The van der Waals surface area contributed by atoms with Crippen LogP contribution in [0.25, 0.3) is 0 Å². The zero-order valence-electron chi connectivity index (χ0n) is 11.2. The highest BCUT2D eigenvalue weighted by molar-refractivity contribution is 9.10. The molecule has 2 rings (SSSR count). The lowest BCUT2D eigenvalue weighted by atomic mass is 9.95. The highest BCUT2D eigenvalue weighted by Gasteiger charge is 2.25. The van der Waals surface area contributed by atoms with Gasteiger partial charge in [-0.3, -0.25) is 4.79 Å². The van der Waals surface area contributed by atoms with E-state index in [4.69, 9.17) is 5.11 Å². The summed E-state index contributed by atoms with van der Waals surface area (Å²) in [5.41, 5.74) is 1.24. The summed E-state index contributed by atoms with van der Waals surface area (Å²) in [6.07, 6.45) is 1.62. The predicted octanol–water partition coefficient (Wildman–Crippen LogP) is 2.11. The lowest BCUT2D eigenvalue weighted by molar-refractivity contribution is -0.125. The number of carbonyl (C=O) groups is 2. The molecule has 0 saturated carbocycles. The van der Waals surface area contributed by atoms with Crippen LogP contribution in [0.3, 0.4) is 0 Å². The number of nitrogens with zero attached hydrogens (tertiary/aromatic N) is 1. The van der Waals surface area contributed by atoms with E-state index in [0.717, 1.165) is 36.1 Å². The minimum atomic E-state index is -0.935. The zero-order chi connectivity index (χ0) is 14.7. The molecule has 1 heterocycles. The van der Waals surface area contributed by atoms with Gasteiger partial charge in [-0.25, -0.2) is 4.79 Å². The van der Waals surface area contributed by atoms with E-state index in [9.17, 15) is 9.59 Å². The van der Waals surface area contributed by atoms with Crippen molar-refractivity contribution in [3.63, 3.8) is 0 Å². The van der Waals surface area contributed by atoms with Gasteiger partial charge in [-0.1, -0.05) is 0 Å². The van der Waals surface area contributed by atoms with Gasteiger partial charge in [-0.2, -0.15) is 0 Å². The van der Waals surface area contributed by atoms with E-state index in [1.54, 1.807) is 19.2 Å². The van der Waals surface area contributed by atoms with E-state index in [-0.39, 0.29) is 17.4 Å². The molecule has 0 radical (unpaired) electrons. The largest absolute Gasteiger partial charge is 0.478 e. The fourth-order valence-corrected chi connectivity index (χ4v) is 3.11. The molecule has 0 spiro atoms. The molecule has 108 valence electrons. The van der Waals surface area contributed by atoms with Gasteiger partial charge in [0.15, 0.2) is 0 Å². The van der Waals surface area contributed by atoms with Gasteiger partial charge >= 0.3 is 5.97 Å². The van der Waals surface area contributed by atoms with E-state index in [1.807, 2.05) is 6.07 Å². The van der Waals surface area contributed by atoms with Crippen molar-refractivity contribution in [1.29, 1.82) is 0 Å². The van der Waals surface area contributed by atoms with Crippen molar-refractivity contribution in [2.24, 2.45) is 5.92 Å². The van der Waals surface area contributed by atoms with Gasteiger partial charge in [0.1, 0.15) is 0 Å². The summed E-state index contributed by atoms with van der Waals surface area (Å²) in [5.74, 6) is -0.756. The van der Waals surface area contributed by atoms with Gasteiger partial charge in [-0.15, -0.1) is 0 Å². The molecule has 0 atom stereocenters. The summed E-state index contributed by atoms with van der Waals surface area (Å²) in [6.45, 7) is 1.59. The number of rotatable bonds is 3. The molecule has 0 aromatic heterocycles. The number of hydrogen-bond acceptors (Lipinski definition) is 3. The number of anilines is 1. The van der Waals surface area contributed by atoms with Gasteiger partial charge in [-0.05, 0) is 47.0 Å². The minimum Gasteiger partial charge on any atom is -0.478 e. The topological polar surface area (TPSA) is 69.6 Å². The smallest absolute Gasteiger partial charge is 0.335 e. The maximum Gasteiger partial charge on any atom is 0.335 e. The molecular weight excluding hydrogens is 324 g/mol. The van der Waals surface area contributed by atoms with Crippen LogP contribution in [0.1, 0.15) is 23.2 Å². The fraction of sp³-hybridized carbons (Fsp3) is 0.429. The molecule has 1 aromatic carbocycles.